The van der Waals surface area contributed by atoms with E-state index in [0.29, 0.717) is 16.1 Å². The Labute approximate surface area is 133 Å². The monoisotopic (exact) mass is 301 g/mol. The van der Waals surface area contributed by atoms with Crippen LogP contribution < -0.4 is 0 Å². The molecule has 0 saturated heterocycles. The SMILES string of the molecule is CC1SC2(CC(C)(C)CC(C)(C)C2)N=C1c1ccccc1. The number of aliphatic imine (C=N–C) groups is 1. The number of hydrogen-bond acceptors (Lipinski definition) is 2. The van der Waals surface area contributed by atoms with Crippen molar-refractivity contribution in [3.8, 4) is 0 Å². The molecule has 0 aromatic heterocycles. The number of benzene rings is 1. The second-order valence-corrected chi connectivity index (χ2v) is 10.1. The molecular weight excluding hydrogens is 274 g/mol. The van der Waals surface area contributed by atoms with Gasteiger partial charge in [0.05, 0.1) is 5.71 Å². The summed E-state index contributed by atoms with van der Waals surface area (Å²) in [5, 5.41) is 0.497. The molecule has 0 N–H and O–H groups in total. The van der Waals surface area contributed by atoms with Gasteiger partial charge in [-0.15, -0.1) is 11.8 Å². The predicted octanol–water partition coefficient (Wildman–Crippen LogP) is 5.54. The van der Waals surface area contributed by atoms with Crippen molar-refractivity contribution >= 4 is 17.5 Å². The summed E-state index contributed by atoms with van der Waals surface area (Å²) in [5.41, 5.74) is 3.36. The molecule has 1 nitrogen and oxygen atoms in total. The van der Waals surface area contributed by atoms with Crippen LogP contribution in [0.2, 0.25) is 0 Å². The lowest BCUT2D eigenvalue weighted by Gasteiger charge is -2.48. The fourth-order valence-corrected chi connectivity index (χ4v) is 6.83. The lowest BCUT2D eigenvalue weighted by molar-refractivity contribution is 0.0883. The normalized spacial score (nSPS) is 29.4. The topological polar surface area (TPSA) is 12.4 Å². The first kappa shape index (κ1) is 15.1. The lowest BCUT2D eigenvalue weighted by Crippen LogP contribution is -2.42. The van der Waals surface area contributed by atoms with Crippen LogP contribution in [0.3, 0.4) is 0 Å². The van der Waals surface area contributed by atoms with Crippen LogP contribution in [0, 0.1) is 10.8 Å². The maximum absolute atomic E-state index is 5.30. The van der Waals surface area contributed by atoms with Crippen LogP contribution in [0.15, 0.2) is 35.3 Å². The lowest BCUT2D eigenvalue weighted by atomic mass is 9.63. The molecule has 1 spiro atoms. The largest absolute Gasteiger partial charge is 0.270 e. The van der Waals surface area contributed by atoms with Crippen molar-refractivity contribution in [3.63, 3.8) is 0 Å². The van der Waals surface area contributed by atoms with E-state index in [9.17, 15) is 0 Å². The first-order valence-corrected chi connectivity index (χ1v) is 8.91. The Hall–Kier alpha value is -0.760. The molecule has 1 aliphatic heterocycles. The van der Waals surface area contributed by atoms with Gasteiger partial charge < -0.3 is 0 Å². The molecule has 1 saturated carbocycles. The molecule has 1 heterocycles. The number of nitrogens with zero attached hydrogens (tertiary/aromatic N) is 1. The van der Waals surface area contributed by atoms with Gasteiger partial charge in [-0.1, -0.05) is 58.0 Å². The van der Waals surface area contributed by atoms with Gasteiger partial charge in [-0.3, -0.25) is 4.99 Å². The van der Waals surface area contributed by atoms with E-state index in [1.807, 2.05) is 0 Å². The fourth-order valence-electron chi connectivity index (χ4n) is 4.77. The van der Waals surface area contributed by atoms with Crippen LogP contribution >= 0.6 is 11.8 Å². The van der Waals surface area contributed by atoms with Gasteiger partial charge in [0.25, 0.3) is 0 Å². The molecule has 1 aromatic rings. The van der Waals surface area contributed by atoms with E-state index >= 15 is 0 Å². The van der Waals surface area contributed by atoms with E-state index in [-0.39, 0.29) is 4.87 Å². The number of thioether (sulfide) groups is 1. The highest BCUT2D eigenvalue weighted by molar-refractivity contribution is 8.02. The quantitative estimate of drug-likeness (QED) is 0.663. The summed E-state index contributed by atoms with van der Waals surface area (Å²) in [7, 11) is 0. The van der Waals surface area contributed by atoms with Crippen molar-refractivity contribution in [3.05, 3.63) is 35.9 Å². The van der Waals surface area contributed by atoms with E-state index in [0.717, 1.165) is 0 Å². The minimum atomic E-state index is 0.0931. The van der Waals surface area contributed by atoms with Crippen LogP contribution in [0.1, 0.15) is 59.4 Å². The highest BCUT2D eigenvalue weighted by Crippen LogP contribution is 2.58. The maximum atomic E-state index is 5.30. The van der Waals surface area contributed by atoms with Gasteiger partial charge in [-0.2, -0.15) is 0 Å². The summed E-state index contributed by atoms with van der Waals surface area (Å²) < 4.78 is 0. The third kappa shape index (κ3) is 3.06. The van der Waals surface area contributed by atoms with E-state index in [1.165, 1.54) is 30.5 Å². The summed E-state index contributed by atoms with van der Waals surface area (Å²) >= 11 is 2.09. The van der Waals surface area contributed by atoms with Crippen LogP contribution in [-0.2, 0) is 0 Å². The van der Waals surface area contributed by atoms with Crippen molar-refractivity contribution in [2.75, 3.05) is 0 Å². The fraction of sp³-hybridized carbons (Fsp3) is 0.632. The van der Waals surface area contributed by atoms with Gasteiger partial charge in [0.15, 0.2) is 0 Å². The average molecular weight is 301 g/mol. The number of rotatable bonds is 1. The predicted molar refractivity (Wildman–Crippen MR) is 94.2 cm³/mol. The third-order valence-electron chi connectivity index (χ3n) is 4.64. The summed E-state index contributed by atoms with van der Waals surface area (Å²) in [5.74, 6) is 0. The second kappa shape index (κ2) is 4.87. The van der Waals surface area contributed by atoms with Crippen LogP contribution in [0.4, 0.5) is 0 Å². The van der Waals surface area contributed by atoms with Crippen molar-refractivity contribution < 1.29 is 0 Å². The Morgan fingerprint density at radius 1 is 0.952 bits per heavy atom. The Kier molecular flexibility index (Phi) is 3.52. The summed E-state index contributed by atoms with van der Waals surface area (Å²) in [6.07, 6.45) is 3.70. The van der Waals surface area contributed by atoms with E-state index in [4.69, 9.17) is 4.99 Å². The minimum Gasteiger partial charge on any atom is -0.270 e. The molecule has 114 valence electrons. The smallest absolute Gasteiger partial charge is 0.108 e. The first-order valence-electron chi connectivity index (χ1n) is 8.04. The molecule has 1 atom stereocenters. The van der Waals surface area contributed by atoms with Crippen molar-refractivity contribution in [1.29, 1.82) is 0 Å². The zero-order valence-corrected chi connectivity index (χ0v) is 14.8. The molecule has 0 bridgehead atoms. The van der Waals surface area contributed by atoms with Gasteiger partial charge in [0, 0.05) is 5.25 Å². The van der Waals surface area contributed by atoms with E-state index in [2.05, 4.69) is 76.7 Å². The van der Waals surface area contributed by atoms with Crippen molar-refractivity contribution in [1.82, 2.24) is 0 Å². The highest BCUT2D eigenvalue weighted by atomic mass is 32.2. The maximum Gasteiger partial charge on any atom is 0.108 e. The van der Waals surface area contributed by atoms with Gasteiger partial charge in [0.1, 0.15) is 4.87 Å². The summed E-state index contributed by atoms with van der Waals surface area (Å²) in [6, 6.07) is 10.7. The van der Waals surface area contributed by atoms with Crippen molar-refractivity contribution in [2.45, 2.75) is 64.0 Å². The zero-order valence-electron chi connectivity index (χ0n) is 13.9. The Morgan fingerprint density at radius 2 is 1.52 bits per heavy atom. The third-order valence-corrected chi connectivity index (χ3v) is 6.04. The van der Waals surface area contributed by atoms with Gasteiger partial charge >= 0.3 is 0 Å². The van der Waals surface area contributed by atoms with Crippen LogP contribution in [0.25, 0.3) is 0 Å². The Bertz CT molecular complexity index is 540. The molecule has 2 heteroatoms. The number of hydrogen-bond donors (Lipinski definition) is 0. The first-order chi connectivity index (χ1) is 9.71. The summed E-state index contributed by atoms with van der Waals surface area (Å²) in [4.78, 5) is 5.39. The highest BCUT2D eigenvalue weighted by Gasteiger charge is 2.51. The molecule has 21 heavy (non-hydrogen) atoms. The molecular formula is C19H27NS. The van der Waals surface area contributed by atoms with Crippen LogP contribution in [0.5, 0.6) is 0 Å². The van der Waals surface area contributed by atoms with E-state index in [1.54, 1.807) is 0 Å². The molecule has 3 rings (SSSR count). The molecule has 1 unspecified atom stereocenters. The van der Waals surface area contributed by atoms with Gasteiger partial charge in [0.2, 0.25) is 0 Å². The van der Waals surface area contributed by atoms with Crippen molar-refractivity contribution in [2.24, 2.45) is 15.8 Å². The minimum absolute atomic E-state index is 0.0931. The molecule has 0 amide bonds. The average Bonchev–Trinajstić information content (AvgIpc) is 2.62. The molecule has 1 aromatic carbocycles. The Balaban J connectivity index is 1.98. The van der Waals surface area contributed by atoms with E-state index < -0.39 is 0 Å². The molecule has 1 fully saturated rings. The molecule has 1 aliphatic carbocycles. The van der Waals surface area contributed by atoms with Gasteiger partial charge in [-0.05, 0) is 42.6 Å². The van der Waals surface area contributed by atoms with Crippen LogP contribution in [-0.4, -0.2) is 15.8 Å². The molecule has 0 radical (unpaired) electrons. The summed E-state index contributed by atoms with van der Waals surface area (Å²) in [6.45, 7) is 12.0. The Morgan fingerprint density at radius 3 is 2.10 bits per heavy atom. The standard InChI is InChI=1S/C19H27NS/c1-14-16(15-9-7-6-8-10-15)20-19(21-14)12-17(2,3)11-18(4,5)13-19/h6-10,14H,11-13H2,1-5H3. The zero-order chi connectivity index (χ0) is 15.3. The second-order valence-electron chi connectivity index (χ2n) is 8.43. The van der Waals surface area contributed by atoms with Gasteiger partial charge in [-0.25, -0.2) is 0 Å². The molecule has 2 aliphatic rings.